The fourth-order valence-electron chi connectivity index (χ4n) is 7.98. The summed E-state index contributed by atoms with van der Waals surface area (Å²) in [6.45, 7) is 2.45. The van der Waals surface area contributed by atoms with Crippen LogP contribution in [0.15, 0.2) is 54.6 Å². The van der Waals surface area contributed by atoms with Gasteiger partial charge in [0, 0.05) is 34.1 Å². The summed E-state index contributed by atoms with van der Waals surface area (Å²) in [6.07, 6.45) is 1.45. The molecule has 2 saturated heterocycles. The molecular weight excluding hydrogens is 530 g/mol. The van der Waals surface area contributed by atoms with Gasteiger partial charge in [0.1, 0.15) is 22.5 Å². The molecule has 2 spiro atoms. The van der Waals surface area contributed by atoms with E-state index in [1.165, 1.54) is 7.11 Å². The van der Waals surface area contributed by atoms with Gasteiger partial charge >= 0.3 is 0 Å². The number of carbonyl (C=O) groups is 3. The lowest BCUT2D eigenvalue weighted by molar-refractivity contribution is -0.137. The first-order valence-corrected chi connectivity index (χ1v) is 13.7. The topological polar surface area (TPSA) is 97.0 Å². The van der Waals surface area contributed by atoms with E-state index in [2.05, 4.69) is 15.5 Å². The molecule has 3 aromatic rings. The number of hydrogen-bond acceptors (Lipinski definition) is 6. The zero-order valence-electron chi connectivity index (χ0n) is 22.3. The second kappa shape index (κ2) is 8.56. The summed E-state index contributed by atoms with van der Waals surface area (Å²) in [5, 5.41) is 6.63. The van der Waals surface area contributed by atoms with Gasteiger partial charge in [-0.1, -0.05) is 29.8 Å². The van der Waals surface area contributed by atoms with E-state index in [1.807, 2.05) is 31.2 Å². The molecular formula is C31H28ClN3O5. The van der Waals surface area contributed by atoms with E-state index in [4.69, 9.17) is 21.1 Å². The van der Waals surface area contributed by atoms with Crippen molar-refractivity contribution in [2.45, 2.75) is 36.8 Å². The average molecular weight is 558 g/mol. The van der Waals surface area contributed by atoms with Crippen LogP contribution in [0.25, 0.3) is 0 Å². The molecule has 7 rings (SSSR count). The average Bonchev–Trinajstić information content (AvgIpc) is 3.67. The second-order valence-electron chi connectivity index (χ2n) is 10.9. The number of para-hydroxylation sites is 1. The van der Waals surface area contributed by atoms with Crippen LogP contribution in [-0.4, -0.2) is 49.3 Å². The molecule has 4 aliphatic rings. The molecule has 9 heteroatoms. The Morgan fingerprint density at radius 2 is 1.80 bits per heavy atom. The molecule has 40 heavy (non-hydrogen) atoms. The van der Waals surface area contributed by atoms with E-state index in [0.717, 1.165) is 12.0 Å². The number of ketones is 1. The third kappa shape index (κ3) is 2.82. The van der Waals surface area contributed by atoms with Gasteiger partial charge in [0.2, 0.25) is 5.91 Å². The molecule has 0 radical (unpaired) electrons. The summed E-state index contributed by atoms with van der Waals surface area (Å²) in [5.74, 6) is -0.909. The van der Waals surface area contributed by atoms with E-state index in [9.17, 15) is 14.4 Å². The maximum Gasteiger partial charge on any atom is 0.251 e. The first kappa shape index (κ1) is 25.1. The van der Waals surface area contributed by atoms with Gasteiger partial charge in [0.15, 0.2) is 5.78 Å². The van der Waals surface area contributed by atoms with Gasteiger partial charge in [-0.25, -0.2) is 0 Å². The van der Waals surface area contributed by atoms with Crippen molar-refractivity contribution in [2.75, 3.05) is 31.4 Å². The van der Waals surface area contributed by atoms with Crippen LogP contribution in [0.5, 0.6) is 11.5 Å². The van der Waals surface area contributed by atoms with Gasteiger partial charge in [-0.2, -0.15) is 0 Å². The number of amides is 2. The maximum atomic E-state index is 14.9. The predicted molar refractivity (Wildman–Crippen MR) is 150 cm³/mol. The number of benzene rings is 3. The lowest BCUT2D eigenvalue weighted by Crippen LogP contribution is -2.62. The molecule has 0 saturated carbocycles. The molecule has 204 valence electrons. The summed E-state index contributed by atoms with van der Waals surface area (Å²) in [5.41, 5.74) is 0.643. The van der Waals surface area contributed by atoms with Gasteiger partial charge in [-0.15, -0.1) is 0 Å². The van der Waals surface area contributed by atoms with Crippen molar-refractivity contribution in [3.63, 3.8) is 0 Å². The Labute approximate surface area is 236 Å². The Bertz CT molecular complexity index is 1640. The number of aryl methyl sites for hydroxylation is 1. The second-order valence-corrected chi connectivity index (χ2v) is 11.4. The fourth-order valence-corrected chi connectivity index (χ4v) is 8.25. The minimum Gasteiger partial charge on any atom is -0.497 e. The molecule has 0 unspecified atom stereocenters. The monoisotopic (exact) mass is 557 g/mol. The summed E-state index contributed by atoms with van der Waals surface area (Å²) >= 11 is 6.62. The van der Waals surface area contributed by atoms with E-state index < -0.39 is 16.9 Å². The molecule has 2 N–H and O–H groups in total. The SMILES string of the molecule is COc1ccc(C(=O)[C@@H]2[C@H]3CCCN3[C@]3(C(=O)Nc4c(C)cc(Cl)cc43)[C@]23C(=O)Nc2ccccc23)c(OC)c1. The molecule has 4 atom stereocenters. The Balaban J connectivity index is 1.58. The van der Waals surface area contributed by atoms with Gasteiger partial charge in [-0.05, 0) is 67.8 Å². The normalized spacial score (nSPS) is 27.9. The smallest absolute Gasteiger partial charge is 0.251 e. The van der Waals surface area contributed by atoms with Crippen LogP contribution in [0.3, 0.4) is 0 Å². The van der Waals surface area contributed by atoms with Gasteiger partial charge in [0.25, 0.3) is 5.91 Å². The highest BCUT2D eigenvalue weighted by atomic mass is 35.5. The molecule has 0 bridgehead atoms. The lowest BCUT2D eigenvalue weighted by atomic mass is 9.57. The highest BCUT2D eigenvalue weighted by Gasteiger charge is 2.81. The maximum absolute atomic E-state index is 14.9. The summed E-state index contributed by atoms with van der Waals surface area (Å²) < 4.78 is 11.0. The Hall–Kier alpha value is -3.88. The number of Topliss-reactive ketones (excluding diaryl/α,β-unsaturated/α-hetero) is 1. The molecule has 3 aromatic carbocycles. The molecule has 2 amide bonds. The Morgan fingerprint density at radius 3 is 2.58 bits per heavy atom. The van der Waals surface area contributed by atoms with Crippen LogP contribution in [0.4, 0.5) is 11.4 Å². The predicted octanol–water partition coefficient (Wildman–Crippen LogP) is 4.68. The first-order chi connectivity index (χ1) is 19.3. The number of methoxy groups -OCH3 is 2. The van der Waals surface area contributed by atoms with Crippen molar-refractivity contribution in [1.82, 2.24) is 4.90 Å². The largest absolute Gasteiger partial charge is 0.497 e. The zero-order valence-corrected chi connectivity index (χ0v) is 23.1. The number of fused-ring (bicyclic) bond motifs is 7. The summed E-state index contributed by atoms with van der Waals surface area (Å²) in [7, 11) is 3.05. The highest BCUT2D eigenvalue weighted by Crippen LogP contribution is 2.68. The van der Waals surface area contributed by atoms with Crippen molar-refractivity contribution in [3.8, 4) is 11.5 Å². The summed E-state index contributed by atoms with van der Waals surface area (Å²) in [4.78, 5) is 46.2. The summed E-state index contributed by atoms with van der Waals surface area (Å²) in [6, 6.07) is 15.7. The third-order valence-electron chi connectivity index (χ3n) is 9.32. The minimum atomic E-state index is -1.55. The number of hydrogen-bond donors (Lipinski definition) is 2. The van der Waals surface area contributed by atoms with Crippen molar-refractivity contribution in [3.05, 3.63) is 81.9 Å². The number of anilines is 2. The molecule has 8 nitrogen and oxygen atoms in total. The van der Waals surface area contributed by atoms with E-state index in [0.29, 0.717) is 57.6 Å². The van der Waals surface area contributed by atoms with Crippen molar-refractivity contribution in [2.24, 2.45) is 5.92 Å². The first-order valence-electron chi connectivity index (χ1n) is 13.4. The quantitative estimate of drug-likeness (QED) is 0.452. The van der Waals surface area contributed by atoms with Crippen molar-refractivity contribution in [1.29, 1.82) is 0 Å². The molecule has 0 aliphatic carbocycles. The number of nitrogens with zero attached hydrogens (tertiary/aromatic N) is 1. The van der Waals surface area contributed by atoms with E-state index in [1.54, 1.807) is 37.4 Å². The molecule has 4 aliphatic heterocycles. The highest BCUT2D eigenvalue weighted by molar-refractivity contribution is 6.31. The molecule has 4 heterocycles. The van der Waals surface area contributed by atoms with Crippen LogP contribution in [-0.2, 0) is 20.5 Å². The van der Waals surface area contributed by atoms with Crippen LogP contribution in [0, 0.1) is 12.8 Å². The van der Waals surface area contributed by atoms with Gasteiger partial charge in [0.05, 0.1) is 25.7 Å². The molecule has 0 aromatic heterocycles. The van der Waals surface area contributed by atoms with Crippen LogP contribution >= 0.6 is 11.6 Å². The number of carbonyl (C=O) groups excluding carboxylic acids is 3. The third-order valence-corrected chi connectivity index (χ3v) is 9.54. The van der Waals surface area contributed by atoms with Crippen molar-refractivity contribution < 1.29 is 23.9 Å². The number of rotatable bonds is 4. The lowest BCUT2D eigenvalue weighted by Gasteiger charge is -2.43. The van der Waals surface area contributed by atoms with Crippen LogP contribution in [0.1, 0.15) is 39.9 Å². The van der Waals surface area contributed by atoms with Gasteiger partial charge in [-0.3, -0.25) is 19.3 Å². The zero-order chi connectivity index (χ0) is 28.0. The fraction of sp³-hybridized carbons (Fsp3) is 0.323. The van der Waals surface area contributed by atoms with Crippen LogP contribution in [0.2, 0.25) is 5.02 Å². The van der Waals surface area contributed by atoms with Gasteiger partial charge < -0.3 is 20.1 Å². The van der Waals surface area contributed by atoms with E-state index >= 15 is 0 Å². The minimum absolute atomic E-state index is 0.250. The molecule has 2 fully saturated rings. The standard InChI is InChI=1S/C31H28ClN3O5/c1-16-13-17(32)14-21-26(16)34-29(38)31(21)30(20-7-4-5-8-22(20)33-28(30)37)25(23-9-6-12-35(23)31)27(36)19-11-10-18(39-2)15-24(19)40-3/h4-5,7-8,10-11,13-15,23,25H,6,9,12H2,1-3H3,(H,33,37)(H,34,38)/t23-,25+,30+,31-/m1/s1. The van der Waals surface area contributed by atoms with Crippen LogP contribution < -0.4 is 20.1 Å². The Morgan fingerprint density at radius 1 is 1.00 bits per heavy atom. The van der Waals surface area contributed by atoms with E-state index in [-0.39, 0.29) is 23.6 Å². The number of nitrogens with one attached hydrogen (secondary N) is 2. The number of ether oxygens (including phenoxy) is 2. The number of halogens is 1. The van der Waals surface area contributed by atoms with Crippen molar-refractivity contribution >= 4 is 40.6 Å². The Kier molecular flexibility index (Phi) is 5.37.